The Morgan fingerprint density at radius 3 is 2.38 bits per heavy atom. The number of nitrogen functional groups attached to an aromatic ring is 1. The molecule has 0 saturated heterocycles. The van der Waals surface area contributed by atoms with Crippen LogP contribution in [0.4, 0.5) is 10.1 Å². The van der Waals surface area contributed by atoms with Gasteiger partial charge in [0.1, 0.15) is 5.82 Å². The lowest BCUT2D eigenvalue weighted by Gasteiger charge is -2.15. The number of nitrogens with two attached hydrogens (primary N) is 1. The summed E-state index contributed by atoms with van der Waals surface area (Å²) in [6.07, 6.45) is 0. The molecule has 1 atom stereocenters. The van der Waals surface area contributed by atoms with Crippen molar-refractivity contribution in [2.24, 2.45) is 0 Å². The van der Waals surface area contributed by atoms with Crippen molar-refractivity contribution in [2.75, 3.05) is 5.73 Å². The highest BCUT2D eigenvalue weighted by molar-refractivity contribution is 9.10. The number of halogens is 2. The molecule has 0 radical (unpaired) electrons. The van der Waals surface area contributed by atoms with Crippen molar-refractivity contribution in [2.45, 2.75) is 17.9 Å². The summed E-state index contributed by atoms with van der Waals surface area (Å²) in [5, 5.41) is 0. The topological polar surface area (TPSA) is 72.2 Å². The lowest BCUT2D eigenvalue weighted by atomic mass is 10.1. The van der Waals surface area contributed by atoms with Crippen LogP contribution in [-0.2, 0) is 10.0 Å². The minimum absolute atomic E-state index is 0.102. The number of anilines is 1. The van der Waals surface area contributed by atoms with Crippen LogP contribution in [0.5, 0.6) is 0 Å². The number of hydrogen-bond acceptors (Lipinski definition) is 3. The molecule has 7 heteroatoms. The van der Waals surface area contributed by atoms with Gasteiger partial charge in [-0.1, -0.05) is 12.1 Å². The van der Waals surface area contributed by atoms with E-state index in [1.807, 2.05) is 0 Å². The Morgan fingerprint density at radius 2 is 1.81 bits per heavy atom. The third-order valence-electron chi connectivity index (χ3n) is 2.95. The highest BCUT2D eigenvalue weighted by Crippen LogP contribution is 2.25. The smallest absolute Gasteiger partial charge is 0.242 e. The van der Waals surface area contributed by atoms with Crippen molar-refractivity contribution in [3.63, 3.8) is 0 Å². The van der Waals surface area contributed by atoms with Gasteiger partial charge in [0, 0.05) is 16.2 Å². The van der Waals surface area contributed by atoms with E-state index in [0.717, 1.165) is 0 Å². The summed E-state index contributed by atoms with van der Waals surface area (Å²) in [4.78, 5) is 0.102. The number of hydrogen-bond donors (Lipinski definition) is 2. The second kappa shape index (κ2) is 6.13. The molecule has 4 nitrogen and oxygen atoms in total. The zero-order valence-corrected chi connectivity index (χ0v) is 13.6. The van der Waals surface area contributed by atoms with Crippen molar-refractivity contribution in [3.05, 3.63) is 58.3 Å². The van der Waals surface area contributed by atoms with Gasteiger partial charge in [0.15, 0.2) is 0 Å². The Morgan fingerprint density at radius 1 is 1.19 bits per heavy atom. The van der Waals surface area contributed by atoms with Gasteiger partial charge in [-0.15, -0.1) is 0 Å². The molecule has 0 fully saturated rings. The SMILES string of the molecule is CC(NS(=O)(=O)c1ccc(N)cc1Br)c1ccc(F)cc1. The summed E-state index contributed by atoms with van der Waals surface area (Å²) < 4.78 is 40.5. The molecule has 2 rings (SSSR count). The van der Waals surface area contributed by atoms with E-state index in [-0.39, 0.29) is 10.7 Å². The van der Waals surface area contributed by atoms with Crippen molar-refractivity contribution in [1.82, 2.24) is 4.72 Å². The molecule has 0 spiro atoms. The molecule has 2 aromatic rings. The Bertz CT molecular complexity index is 748. The summed E-state index contributed by atoms with van der Waals surface area (Å²) in [6.45, 7) is 1.69. The van der Waals surface area contributed by atoms with Crippen molar-refractivity contribution >= 4 is 31.6 Å². The maximum atomic E-state index is 12.9. The van der Waals surface area contributed by atoms with Crippen LogP contribution in [-0.4, -0.2) is 8.42 Å². The Hall–Kier alpha value is -1.44. The van der Waals surface area contributed by atoms with Gasteiger partial charge in [0.2, 0.25) is 10.0 Å². The van der Waals surface area contributed by atoms with Gasteiger partial charge in [-0.25, -0.2) is 17.5 Å². The highest BCUT2D eigenvalue weighted by Gasteiger charge is 2.21. The fourth-order valence-electron chi connectivity index (χ4n) is 1.85. The van der Waals surface area contributed by atoms with Crippen molar-refractivity contribution < 1.29 is 12.8 Å². The van der Waals surface area contributed by atoms with Gasteiger partial charge in [-0.3, -0.25) is 0 Å². The van der Waals surface area contributed by atoms with E-state index in [1.165, 1.54) is 30.3 Å². The number of nitrogens with one attached hydrogen (secondary N) is 1. The summed E-state index contributed by atoms with van der Waals surface area (Å²) in [7, 11) is -3.71. The molecule has 0 saturated carbocycles. The monoisotopic (exact) mass is 372 g/mol. The van der Waals surface area contributed by atoms with Gasteiger partial charge >= 0.3 is 0 Å². The van der Waals surface area contributed by atoms with Crippen LogP contribution in [0.15, 0.2) is 51.8 Å². The lowest BCUT2D eigenvalue weighted by molar-refractivity contribution is 0.566. The summed E-state index contributed by atoms with van der Waals surface area (Å²) >= 11 is 3.19. The third-order valence-corrected chi connectivity index (χ3v) is 5.46. The first kappa shape index (κ1) is 15.9. The molecule has 21 heavy (non-hydrogen) atoms. The number of benzene rings is 2. The van der Waals surface area contributed by atoms with Crippen molar-refractivity contribution in [3.8, 4) is 0 Å². The molecule has 0 aliphatic heterocycles. The minimum atomic E-state index is -3.71. The molecule has 2 aromatic carbocycles. The third kappa shape index (κ3) is 3.81. The summed E-state index contributed by atoms with van der Waals surface area (Å²) in [6, 6.07) is 9.65. The van der Waals surface area contributed by atoms with Crippen LogP contribution in [0.2, 0.25) is 0 Å². The molecular formula is C14H14BrFN2O2S. The van der Waals surface area contributed by atoms with Gasteiger partial charge in [-0.05, 0) is 58.7 Å². The maximum absolute atomic E-state index is 12.9. The summed E-state index contributed by atoms with van der Waals surface area (Å²) in [5.74, 6) is -0.366. The maximum Gasteiger partial charge on any atom is 0.242 e. The normalized spacial score (nSPS) is 13.1. The molecule has 0 amide bonds. The Balaban J connectivity index is 2.26. The lowest BCUT2D eigenvalue weighted by Crippen LogP contribution is -2.27. The predicted molar refractivity (Wildman–Crippen MR) is 83.7 cm³/mol. The average Bonchev–Trinajstić information content (AvgIpc) is 2.38. The highest BCUT2D eigenvalue weighted by atomic mass is 79.9. The van der Waals surface area contributed by atoms with Crippen LogP contribution >= 0.6 is 15.9 Å². The van der Waals surface area contributed by atoms with Crippen LogP contribution < -0.4 is 10.5 Å². The Kier molecular flexibility index (Phi) is 4.65. The second-order valence-electron chi connectivity index (χ2n) is 4.58. The zero-order chi connectivity index (χ0) is 15.6. The predicted octanol–water partition coefficient (Wildman–Crippen LogP) is 3.21. The van der Waals surface area contributed by atoms with E-state index >= 15 is 0 Å². The van der Waals surface area contributed by atoms with Gasteiger partial charge in [0.05, 0.1) is 4.90 Å². The quantitative estimate of drug-likeness (QED) is 0.809. The van der Waals surface area contributed by atoms with Gasteiger partial charge in [0.25, 0.3) is 0 Å². The fraction of sp³-hybridized carbons (Fsp3) is 0.143. The Labute approximate surface area is 131 Å². The standard InChI is InChI=1S/C14H14BrFN2O2S/c1-9(10-2-4-11(16)5-3-10)18-21(19,20)14-7-6-12(17)8-13(14)15/h2-9,18H,17H2,1H3. The molecule has 0 aromatic heterocycles. The van der Waals surface area contributed by atoms with Gasteiger partial charge < -0.3 is 5.73 Å². The van der Waals surface area contributed by atoms with E-state index in [4.69, 9.17) is 5.73 Å². The van der Waals surface area contributed by atoms with Gasteiger partial charge in [-0.2, -0.15) is 0 Å². The molecule has 0 aliphatic rings. The average molecular weight is 373 g/mol. The fourth-order valence-corrected chi connectivity index (χ4v) is 4.18. The summed E-state index contributed by atoms with van der Waals surface area (Å²) in [5.41, 5.74) is 6.73. The van der Waals surface area contributed by atoms with E-state index in [0.29, 0.717) is 15.7 Å². The second-order valence-corrected chi connectivity index (χ2v) is 7.12. The molecule has 0 bridgehead atoms. The largest absolute Gasteiger partial charge is 0.399 e. The molecule has 3 N–H and O–H groups in total. The molecular weight excluding hydrogens is 359 g/mol. The first-order valence-corrected chi connectivity index (χ1v) is 8.40. The van der Waals surface area contributed by atoms with Crippen LogP contribution in [0, 0.1) is 5.82 Å². The molecule has 1 unspecified atom stereocenters. The van der Waals surface area contributed by atoms with E-state index in [9.17, 15) is 12.8 Å². The zero-order valence-electron chi connectivity index (χ0n) is 11.2. The van der Waals surface area contributed by atoms with Crippen LogP contribution in [0.1, 0.15) is 18.5 Å². The van der Waals surface area contributed by atoms with E-state index in [1.54, 1.807) is 19.1 Å². The number of rotatable bonds is 4. The molecule has 0 aliphatic carbocycles. The van der Waals surface area contributed by atoms with E-state index < -0.39 is 16.1 Å². The molecule has 0 heterocycles. The first-order chi connectivity index (χ1) is 9.79. The number of sulfonamides is 1. The van der Waals surface area contributed by atoms with Crippen LogP contribution in [0.3, 0.4) is 0 Å². The van der Waals surface area contributed by atoms with Crippen LogP contribution in [0.25, 0.3) is 0 Å². The van der Waals surface area contributed by atoms with Crippen molar-refractivity contribution in [1.29, 1.82) is 0 Å². The molecule has 112 valence electrons. The first-order valence-electron chi connectivity index (χ1n) is 6.12. The van der Waals surface area contributed by atoms with E-state index in [2.05, 4.69) is 20.7 Å². The minimum Gasteiger partial charge on any atom is -0.399 e.